The molecular weight excluding hydrogens is 194 g/mol. The van der Waals surface area contributed by atoms with Crippen LogP contribution in [0.2, 0.25) is 0 Å². The van der Waals surface area contributed by atoms with Gasteiger partial charge in [-0.1, -0.05) is 36.4 Å². The SMILES string of the molecule is NC(=S)N/N=C/C=C\c1ccccc1. The minimum Gasteiger partial charge on any atom is -0.375 e. The Hall–Kier alpha value is -1.68. The first-order valence-corrected chi connectivity index (χ1v) is 4.50. The number of nitrogens with one attached hydrogen (secondary N) is 1. The Morgan fingerprint density at radius 2 is 2.07 bits per heavy atom. The molecule has 0 aromatic heterocycles. The van der Waals surface area contributed by atoms with Crippen molar-refractivity contribution in [3.05, 3.63) is 42.0 Å². The Morgan fingerprint density at radius 3 is 2.71 bits per heavy atom. The normalized spacial score (nSPS) is 10.9. The van der Waals surface area contributed by atoms with Gasteiger partial charge in [0.05, 0.1) is 0 Å². The summed E-state index contributed by atoms with van der Waals surface area (Å²) in [5.41, 5.74) is 8.75. The first-order chi connectivity index (χ1) is 6.79. The number of hydrogen-bond acceptors (Lipinski definition) is 2. The number of thiocarbonyl (C=S) groups is 1. The lowest BCUT2D eigenvalue weighted by Gasteiger charge is -1.91. The quantitative estimate of drug-likeness (QED) is 0.447. The van der Waals surface area contributed by atoms with E-state index in [4.69, 9.17) is 5.73 Å². The van der Waals surface area contributed by atoms with E-state index >= 15 is 0 Å². The molecule has 0 saturated heterocycles. The zero-order chi connectivity index (χ0) is 10.2. The van der Waals surface area contributed by atoms with Crippen molar-refractivity contribution in [3.63, 3.8) is 0 Å². The van der Waals surface area contributed by atoms with Gasteiger partial charge in [0.15, 0.2) is 5.11 Å². The summed E-state index contributed by atoms with van der Waals surface area (Å²) in [4.78, 5) is 0. The number of rotatable bonds is 3. The van der Waals surface area contributed by atoms with Gasteiger partial charge in [-0.05, 0) is 23.9 Å². The van der Waals surface area contributed by atoms with Gasteiger partial charge >= 0.3 is 0 Å². The monoisotopic (exact) mass is 205 g/mol. The Morgan fingerprint density at radius 1 is 1.36 bits per heavy atom. The zero-order valence-corrected chi connectivity index (χ0v) is 8.37. The molecule has 0 radical (unpaired) electrons. The summed E-state index contributed by atoms with van der Waals surface area (Å²) >= 11 is 4.57. The number of hydrogen-bond donors (Lipinski definition) is 2. The number of benzene rings is 1. The first kappa shape index (κ1) is 10.4. The Labute approximate surface area is 88.3 Å². The van der Waals surface area contributed by atoms with E-state index in [1.54, 1.807) is 12.3 Å². The molecule has 1 rings (SSSR count). The van der Waals surface area contributed by atoms with Crippen LogP contribution in [0, 0.1) is 0 Å². The second kappa shape index (κ2) is 5.88. The molecule has 0 fully saturated rings. The molecule has 0 amide bonds. The van der Waals surface area contributed by atoms with E-state index in [0.717, 1.165) is 5.56 Å². The molecule has 1 aromatic rings. The van der Waals surface area contributed by atoms with E-state index in [2.05, 4.69) is 22.7 Å². The van der Waals surface area contributed by atoms with Gasteiger partial charge in [0, 0.05) is 6.21 Å². The average Bonchev–Trinajstić information content (AvgIpc) is 2.18. The lowest BCUT2D eigenvalue weighted by atomic mass is 10.2. The van der Waals surface area contributed by atoms with Crippen LogP contribution in [0.1, 0.15) is 5.56 Å². The summed E-state index contributed by atoms with van der Waals surface area (Å²) in [6.45, 7) is 0. The van der Waals surface area contributed by atoms with Crippen LogP contribution >= 0.6 is 12.2 Å². The van der Waals surface area contributed by atoms with E-state index in [1.807, 2.05) is 36.4 Å². The average molecular weight is 205 g/mol. The molecule has 0 atom stereocenters. The van der Waals surface area contributed by atoms with Crippen molar-refractivity contribution in [1.82, 2.24) is 5.43 Å². The second-order valence-corrected chi connectivity index (χ2v) is 2.96. The standard InChI is InChI=1S/C10H11N3S/c11-10(14)13-12-8-4-7-9-5-2-1-3-6-9/h1-8H,(H3,11,13,14)/b7-4-,12-8+. The van der Waals surface area contributed by atoms with Crippen LogP contribution in [-0.2, 0) is 0 Å². The van der Waals surface area contributed by atoms with Crippen LogP contribution < -0.4 is 11.2 Å². The molecule has 0 saturated carbocycles. The highest BCUT2D eigenvalue weighted by Crippen LogP contribution is 1.99. The lowest BCUT2D eigenvalue weighted by molar-refractivity contribution is 1.04. The summed E-state index contributed by atoms with van der Waals surface area (Å²) in [6.07, 6.45) is 5.33. The van der Waals surface area contributed by atoms with Gasteiger partial charge in [0.1, 0.15) is 0 Å². The van der Waals surface area contributed by atoms with E-state index in [9.17, 15) is 0 Å². The van der Waals surface area contributed by atoms with E-state index in [0.29, 0.717) is 0 Å². The fraction of sp³-hybridized carbons (Fsp3) is 0. The number of nitrogens with two attached hydrogens (primary N) is 1. The van der Waals surface area contributed by atoms with Crippen LogP contribution in [0.4, 0.5) is 0 Å². The van der Waals surface area contributed by atoms with Crippen molar-refractivity contribution in [3.8, 4) is 0 Å². The van der Waals surface area contributed by atoms with Crippen molar-refractivity contribution >= 4 is 29.6 Å². The molecule has 0 unspecified atom stereocenters. The third-order valence-corrected chi connectivity index (χ3v) is 1.51. The molecule has 0 aliphatic heterocycles. The second-order valence-electron chi connectivity index (χ2n) is 2.52. The molecule has 0 spiro atoms. The van der Waals surface area contributed by atoms with Crippen LogP contribution in [-0.4, -0.2) is 11.3 Å². The minimum atomic E-state index is 0.161. The van der Waals surface area contributed by atoms with E-state index in [1.165, 1.54) is 0 Å². The molecule has 0 bridgehead atoms. The van der Waals surface area contributed by atoms with Gasteiger partial charge in [-0.3, -0.25) is 5.43 Å². The molecule has 0 aliphatic carbocycles. The van der Waals surface area contributed by atoms with Gasteiger partial charge in [-0.2, -0.15) is 5.10 Å². The fourth-order valence-electron chi connectivity index (χ4n) is 0.862. The third kappa shape index (κ3) is 4.37. The highest BCUT2D eigenvalue weighted by atomic mass is 32.1. The fourth-order valence-corrected chi connectivity index (χ4v) is 0.915. The number of nitrogens with zero attached hydrogens (tertiary/aromatic N) is 1. The maximum atomic E-state index is 5.17. The summed E-state index contributed by atoms with van der Waals surface area (Å²) in [5, 5.41) is 3.92. The molecule has 4 heteroatoms. The maximum Gasteiger partial charge on any atom is 0.184 e. The number of allylic oxidation sites excluding steroid dienone is 1. The Kier molecular flexibility index (Phi) is 4.37. The van der Waals surface area contributed by atoms with Gasteiger partial charge in [0.2, 0.25) is 0 Å². The Balaban J connectivity index is 2.42. The summed E-state index contributed by atoms with van der Waals surface area (Å²) in [6, 6.07) is 9.94. The highest BCUT2D eigenvalue weighted by Gasteiger charge is 1.80. The Bertz CT molecular complexity index is 344. The molecule has 72 valence electrons. The summed E-state index contributed by atoms with van der Waals surface area (Å²) < 4.78 is 0. The predicted molar refractivity (Wildman–Crippen MR) is 63.9 cm³/mol. The van der Waals surface area contributed by atoms with Crippen molar-refractivity contribution in [1.29, 1.82) is 0 Å². The molecule has 0 aliphatic rings. The zero-order valence-electron chi connectivity index (χ0n) is 7.55. The molecule has 0 heterocycles. The minimum absolute atomic E-state index is 0.161. The molecule has 3 nitrogen and oxygen atoms in total. The van der Waals surface area contributed by atoms with E-state index in [-0.39, 0.29) is 5.11 Å². The molecule has 1 aromatic carbocycles. The van der Waals surface area contributed by atoms with Crippen LogP contribution in [0.15, 0.2) is 41.5 Å². The smallest absolute Gasteiger partial charge is 0.184 e. The van der Waals surface area contributed by atoms with Gasteiger partial charge in [-0.25, -0.2) is 0 Å². The molecule has 3 N–H and O–H groups in total. The number of hydrazone groups is 1. The third-order valence-electron chi connectivity index (χ3n) is 1.42. The van der Waals surface area contributed by atoms with Gasteiger partial charge < -0.3 is 5.73 Å². The molecule has 14 heavy (non-hydrogen) atoms. The summed E-state index contributed by atoms with van der Waals surface area (Å²) in [7, 11) is 0. The summed E-state index contributed by atoms with van der Waals surface area (Å²) in [5.74, 6) is 0. The van der Waals surface area contributed by atoms with Crippen molar-refractivity contribution in [2.75, 3.05) is 0 Å². The first-order valence-electron chi connectivity index (χ1n) is 4.09. The van der Waals surface area contributed by atoms with E-state index < -0.39 is 0 Å². The topological polar surface area (TPSA) is 50.4 Å². The largest absolute Gasteiger partial charge is 0.375 e. The van der Waals surface area contributed by atoms with Crippen molar-refractivity contribution in [2.45, 2.75) is 0 Å². The maximum absolute atomic E-state index is 5.17. The lowest BCUT2D eigenvalue weighted by Crippen LogP contribution is -2.23. The van der Waals surface area contributed by atoms with Crippen LogP contribution in [0.25, 0.3) is 6.08 Å². The van der Waals surface area contributed by atoms with Gasteiger partial charge in [0.25, 0.3) is 0 Å². The molecular formula is C10H11N3S. The van der Waals surface area contributed by atoms with Crippen molar-refractivity contribution in [2.24, 2.45) is 10.8 Å². The predicted octanol–water partition coefficient (Wildman–Crippen LogP) is 1.52. The van der Waals surface area contributed by atoms with Crippen LogP contribution in [0.5, 0.6) is 0 Å². The van der Waals surface area contributed by atoms with Crippen LogP contribution in [0.3, 0.4) is 0 Å². The van der Waals surface area contributed by atoms with Crippen molar-refractivity contribution < 1.29 is 0 Å². The highest BCUT2D eigenvalue weighted by molar-refractivity contribution is 7.80. The van der Waals surface area contributed by atoms with Gasteiger partial charge in [-0.15, -0.1) is 0 Å².